The molecule has 2 aromatic rings. The molecular weight excluding hydrogens is 354 g/mol. The van der Waals surface area contributed by atoms with Crippen LogP contribution in [0, 0.1) is 0 Å². The van der Waals surface area contributed by atoms with E-state index in [9.17, 15) is 13.2 Å². The second-order valence-electron chi connectivity index (χ2n) is 5.97. The minimum absolute atomic E-state index is 0.0783. The van der Waals surface area contributed by atoms with E-state index in [0.717, 1.165) is 6.54 Å². The molecule has 0 saturated heterocycles. The molecule has 0 saturated carbocycles. The van der Waals surface area contributed by atoms with Crippen LogP contribution < -0.4 is 15.0 Å². The van der Waals surface area contributed by atoms with Gasteiger partial charge in [0, 0.05) is 6.54 Å². The average Bonchev–Trinajstić information content (AvgIpc) is 3.17. The second kappa shape index (κ2) is 6.45. The first-order chi connectivity index (χ1) is 12.6. The summed E-state index contributed by atoms with van der Waals surface area (Å²) in [5.74, 6) is 0.959. The molecule has 0 aliphatic carbocycles. The molecule has 0 atom stereocenters. The number of aliphatic imine (C=N–C) groups is 1. The van der Waals surface area contributed by atoms with Crippen LogP contribution in [-0.2, 0) is 14.6 Å². The molecule has 0 bridgehead atoms. The van der Waals surface area contributed by atoms with Crippen LogP contribution in [-0.4, -0.2) is 46.4 Å². The summed E-state index contributed by atoms with van der Waals surface area (Å²) in [5.41, 5.74) is 0.439. The van der Waals surface area contributed by atoms with Crippen LogP contribution in [0.4, 0.5) is 5.69 Å². The van der Waals surface area contributed by atoms with E-state index < -0.39 is 9.84 Å². The second-order valence-corrected chi connectivity index (χ2v) is 7.92. The maximum atomic E-state index is 12.9. The number of hydrogen-bond acceptors (Lipinski definition) is 6. The number of fused-ring (bicyclic) bond motifs is 1. The van der Waals surface area contributed by atoms with Crippen molar-refractivity contribution in [3.8, 4) is 5.75 Å². The molecule has 1 amide bonds. The fraction of sp³-hybridized carbons (Fsp3) is 0.222. The number of hydrogen-bond donors (Lipinski definition) is 1. The number of anilines is 1. The Morgan fingerprint density at radius 1 is 1.12 bits per heavy atom. The molecule has 0 aromatic heterocycles. The van der Waals surface area contributed by atoms with Gasteiger partial charge in [-0.1, -0.05) is 18.2 Å². The predicted octanol–water partition coefficient (Wildman–Crippen LogP) is 1.25. The summed E-state index contributed by atoms with van der Waals surface area (Å²) in [7, 11) is -3.68. The first-order valence-electron chi connectivity index (χ1n) is 8.20. The van der Waals surface area contributed by atoms with E-state index in [1.54, 1.807) is 36.4 Å². The lowest BCUT2D eigenvalue weighted by Gasteiger charge is -2.29. The van der Waals surface area contributed by atoms with Crippen LogP contribution in [0.3, 0.4) is 0 Å². The SMILES string of the molecule is O=C1COc2ccc(S(=O)(=O)c3ccccc3)cc2N1CC1=NCCN1. The summed E-state index contributed by atoms with van der Waals surface area (Å²) in [6.07, 6.45) is 0. The van der Waals surface area contributed by atoms with E-state index in [4.69, 9.17) is 4.74 Å². The number of ether oxygens (including phenoxy) is 1. The fourth-order valence-electron chi connectivity index (χ4n) is 2.96. The molecule has 1 N–H and O–H groups in total. The molecule has 4 rings (SSSR count). The van der Waals surface area contributed by atoms with Gasteiger partial charge in [-0.05, 0) is 30.3 Å². The van der Waals surface area contributed by atoms with Crippen LogP contribution in [0.25, 0.3) is 0 Å². The Hall–Kier alpha value is -2.87. The standard InChI is InChI=1S/C18H17N3O4S/c22-18-12-25-16-7-6-14(26(23,24)13-4-2-1-3-5-13)10-15(16)21(18)11-17-19-8-9-20-17/h1-7,10H,8-9,11-12H2,(H,19,20). The Labute approximate surface area is 151 Å². The van der Waals surface area contributed by atoms with E-state index in [-0.39, 0.29) is 28.8 Å². The van der Waals surface area contributed by atoms with E-state index in [2.05, 4.69) is 10.3 Å². The number of carbonyl (C=O) groups excluding carboxylic acids is 1. The van der Waals surface area contributed by atoms with Gasteiger partial charge in [0.05, 0.1) is 28.6 Å². The van der Waals surface area contributed by atoms with Gasteiger partial charge >= 0.3 is 0 Å². The average molecular weight is 371 g/mol. The van der Waals surface area contributed by atoms with Gasteiger partial charge in [0.1, 0.15) is 11.6 Å². The first-order valence-corrected chi connectivity index (χ1v) is 9.68. The van der Waals surface area contributed by atoms with E-state index in [1.807, 2.05) is 0 Å². The summed E-state index contributed by atoms with van der Waals surface area (Å²) in [5, 5.41) is 3.12. The number of carbonyl (C=O) groups is 1. The number of rotatable bonds is 4. The van der Waals surface area contributed by atoms with E-state index >= 15 is 0 Å². The molecule has 134 valence electrons. The zero-order valence-electron chi connectivity index (χ0n) is 13.9. The molecule has 8 heteroatoms. The minimum atomic E-state index is -3.68. The van der Waals surface area contributed by atoms with Crippen LogP contribution >= 0.6 is 0 Å². The molecule has 2 heterocycles. The molecule has 0 radical (unpaired) electrons. The number of amides is 1. The Bertz CT molecular complexity index is 987. The molecular formula is C18H17N3O4S. The highest BCUT2D eigenvalue weighted by atomic mass is 32.2. The number of nitrogens with one attached hydrogen (secondary N) is 1. The maximum Gasteiger partial charge on any atom is 0.265 e. The van der Waals surface area contributed by atoms with Gasteiger partial charge in [-0.3, -0.25) is 14.7 Å². The largest absolute Gasteiger partial charge is 0.482 e. The van der Waals surface area contributed by atoms with Crippen molar-refractivity contribution < 1.29 is 17.9 Å². The Morgan fingerprint density at radius 3 is 2.65 bits per heavy atom. The molecule has 0 spiro atoms. The molecule has 2 aromatic carbocycles. The van der Waals surface area contributed by atoms with Crippen molar-refractivity contribution in [2.75, 3.05) is 31.1 Å². The highest BCUT2D eigenvalue weighted by Crippen LogP contribution is 2.35. The van der Waals surface area contributed by atoms with Gasteiger partial charge in [0.15, 0.2) is 6.61 Å². The summed E-state index contributed by atoms with van der Waals surface area (Å²) in [6.45, 7) is 1.60. The van der Waals surface area contributed by atoms with Gasteiger partial charge in [-0.25, -0.2) is 8.42 Å². The minimum Gasteiger partial charge on any atom is -0.482 e. The molecule has 2 aliphatic heterocycles. The third-order valence-corrected chi connectivity index (χ3v) is 6.06. The van der Waals surface area contributed by atoms with Crippen LogP contribution in [0.2, 0.25) is 0 Å². The summed E-state index contributed by atoms with van der Waals surface area (Å²) >= 11 is 0. The quantitative estimate of drug-likeness (QED) is 0.874. The molecule has 7 nitrogen and oxygen atoms in total. The predicted molar refractivity (Wildman–Crippen MR) is 96.5 cm³/mol. The topological polar surface area (TPSA) is 88.1 Å². The molecule has 26 heavy (non-hydrogen) atoms. The van der Waals surface area contributed by atoms with Crippen molar-refractivity contribution in [2.24, 2.45) is 4.99 Å². The number of amidine groups is 1. The Balaban J connectivity index is 1.75. The van der Waals surface area contributed by atoms with Crippen molar-refractivity contribution in [3.63, 3.8) is 0 Å². The maximum absolute atomic E-state index is 12.9. The monoisotopic (exact) mass is 371 g/mol. The van der Waals surface area contributed by atoms with Gasteiger partial charge in [0.25, 0.3) is 5.91 Å². The van der Waals surface area contributed by atoms with Crippen LogP contribution in [0.15, 0.2) is 63.3 Å². The fourth-order valence-corrected chi connectivity index (χ4v) is 4.26. The van der Waals surface area contributed by atoms with Crippen molar-refractivity contribution in [1.82, 2.24) is 5.32 Å². The Kier molecular flexibility index (Phi) is 4.12. The van der Waals surface area contributed by atoms with Crippen molar-refractivity contribution in [3.05, 3.63) is 48.5 Å². The third kappa shape index (κ3) is 2.92. The zero-order chi connectivity index (χ0) is 18.1. The molecule has 2 aliphatic rings. The normalized spacial score (nSPS) is 16.5. The number of nitrogens with zero attached hydrogens (tertiary/aromatic N) is 2. The first kappa shape index (κ1) is 16.6. The van der Waals surface area contributed by atoms with Crippen LogP contribution in [0.1, 0.15) is 0 Å². The lowest BCUT2D eigenvalue weighted by atomic mass is 10.2. The van der Waals surface area contributed by atoms with Crippen molar-refractivity contribution in [1.29, 1.82) is 0 Å². The van der Waals surface area contributed by atoms with E-state index in [1.165, 1.54) is 17.0 Å². The Morgan fingerprint density at radius 2 is 1.92 bits per heavy atom. The van der Waals surface area contributed by atoms with Gasteiger partial charge in [-0.15, -0.1) is 0 Å². The number of benzene rings is 2. The summed E-state index contributed by atoms with van der Waals surface area (Å²) in [4.78, 5) is 18.5. The zero-order valence-corrected chi connectivity index (χ0v) is 14.7. The molecule has 0 fully saturated rings. The smallest absolute Gasteiger partial charge is 0.265 e. The number of sulfone groups is 1. The summed E-state index contributed by atoms with van der Waals surface area (Å²) in [6, 6.07) is 12.8. The van der Waals surface area contributed by atoms with Crippen molar-refractivity contribution in [2.45, 2.75) is 9.79 Å². The summed E-state index contributed by atoms with van der Waals surface area (Å²) < 4.78 is 31.2. The highest BCUT2D eigenvalue weighted by Gasteiger charge is 2.29. The van der Waals surface area contributed by atoms with Gasteiger partial charge in [-0.2, -0.15) is 0 Å². The lowest BCUT2D eigenvalue weighted by molar-refractivity contribution is -0.121. The highest BCUT2D eigenvalue weighted by molar-refractivity contribution is 7.91. The molecule has 0 unspecified atom stereocenters. The van der Waals surface area contributed by atoms with E-state index in [0.29, 0.717) is 23.8 Å². The van der Waals surface area contributed by atoms with Gasteiger partial charge < -0.3 is 10.1 Å². The van der Waals surface area contributed by atoms with Crippen molar-refractivity contribution >= 4 is 27.3 Å². The van der Waals surface area contributed by atoms with Crippen LogP contribution in [0.5, 0.6) is 5.75 Å². The van der Waals surface area contributed by atoms with Gasteiger partial charge in [0.2, 0.25) is 9.84 Å². The lowest BCUT2D eigenvalue weighted by Crippen LogP contribution is -2.44. The third-order valence-electron chi connectivity index (χ3n) is 4.29.